The van der Waals surface area contributed by atoms with Crippen molar-refractivity contribution in [2.75, 3.05) is 5.33 Å². The molecule has 1 N–H and O–H groups in total. The number of halogens is 2. The number of benzene rings is 1. The Labute approximate surface area is 200 Å². The molecule has 2 aliphatic heterocycles. The van der Waals surface area contributed by atoms with Crippen molar-refractivity contribution in [2.45, 2.75) is 54.8 Å². The van der Waals surface area contributed by atoms with E-state index in [4.69, 9.17) is 4.74 Å². The van der Waals surface area contributed by atoms with Crippen LogP contribution >= 0.6 is 31.9 Å². The zero-order chi connectivity index (χ0) is 22.9. The van der Waals surface area contributed by atoms with Crippen LogP contribution < -0.4 is 5.32 Å². The Morgan fingerprint density at radius 1 is 1.23 bits per heavy atom. The summed E-state index contributed by atoms with van der Waals surface area (Å²) in [5.74, 6) is -1.45. The smallest absolute Gasteiger partial charge is 0.355 e. The molecule has 3 rings (SSSR count). The third-order valence-corrected chi connectivity index (χ3v) is 8.49. The highest BCUT2D eigenvalue weighted by atomic mass is 79.9. The van der Waals surface area contributed by atoms with Crippen molar-refractivity contribution in [1.29, 1.82) is 0 Å². The lowest BCUT2D eigenvalue weighted by atomic mass is 10.0. The average molecular weight is 576 g/mol. The first kappa shape index (κ1) is 24.1. The second-order valence-electron chi connectivity index (χ2n) is 8.27. The van der Waals surface area contributed by atoms with Gasteiger partial charge in [-0.1, -0.05) is 62.2 Å². The van der Waals surface area contributed by atoms with Crippen LogP contribution in [0.1, 0.15) is 32.8 Å². The normalized spacial score (nSPS) is 25.6. The Morgan fingerprint density at radius 3 is 2.45 bits per heavy atom. The second-order valence-corrected chi connectivity index (χ2v) is 12.2. The predicted octanol–water partition coefficient (Wildman–Crippen LogP) is 2.75. The molecule has 4 atom stereocenters. The number of esters is 1. The van der Waals surface area contributed by atoms with Gasteiger partial charge in [-0.25, -0.2) is 4.79 Å². The van der Waals surface area contributed by atoms with Crippen LogP contribution in [0.3, 0.4) is 0 Å². The number of alkyl halides is 2. The minimum absolute atomic E-state index is 0.102. The Kier molecular flexibility index (Phi) is 7.43. The van der Waals surface area contributed by atoms with Gasteiger partial charge in [0.25, 0.3) is 5.91 Å². The van der Waals surface area contributed by atoms with Gasteiger partial charge in [0.15, 0.2) is 0 Å². The molecule has 0 bridgehead atoms. The molecule has 1 saturated heterocycles. The lowest BCUT2D eigenvalue weighted by molar-refractivity contribution is -0.159. The summed E-state index contributed by atoms with van der Waals surface area (Å²) in [6, 6.07) is 8.18. The van der Waals surface area contributed by atoms with Gasteiger partial charge in [0, 0.05) is 5.33 Å². The average Bonchev–Trinajstić information content (AvgIpc) is 2.69. The fourth-order valence-electron chi connectivity index (χ4n) is 3.49. The number of carbonyl (C=O) groups is 3. The van der Waals surface area contributed by atoms with E-state index < -0.39 is 43.9 Å². The lowest BCUT2D eigenvalue weighted by Crippen LogP contribution is -2.74. The van der Waals surface area contributed by atoms with E-state index in [1.165, 1.54) is 4.90 Å². The SMILES string of the molecule is CC(C)(C)OC(=O)C1=C(CCBr)C(Br)S(=O)[C@@H]2C(NC(=O)Cc3ccccc3)C(=O)N12. The quantitative estimate of drug-likeness (QED) is 0.320. The van der Waals surface area contributed by atoms with Crippen molar-refractivity contribution in [1.82, 2.24) is 10.2 Å². The zero-order valence-corrected chi connectivity index (χ0v) is 21.4. The van der Waals surface area contributed by atoms with Gasteiger partial charge in [-0.2, -0.15) is 0 Å². The number of β-lactam (4-membered cyclic amide) rings is 1. The van der Waals surface area contributed by atoms with Gasteiger partial charge >= 0.3 is 5.97 Å². The molecule has 10 heteroatoms. The van der Waals surface area contributed by atoms with Gasteiger partial charge in [-0.15, -0.1) is 0 Å². The van der Waals surface area contributed by atoms with Gasteiger partial charge in [0.05, 0.1) is 17.2 Å². The number of carbonyl (C=O) groups excluding carboxylic acids is 3. The van der Waals surface area contributed by atoms with Crippen LogP contribution in [0.5, 0.6) is 0 Å². The van der Waals surface area contributed by atoms with Crippen LogP contribution in [-0.2, 0) is 36.3 Å². The number of amides is 2. The second kappa shape index (κ2) is 9.54. The van der Waals surface area contributed by atoms with E-state index in [9.17, 15) is 18.6 Å². The molecule has 1 aromatic carbocycles. The summed E-state index contributed by atoms with van der Waals surface area (Å²) < 4.78 is 18.0. The highest BCUT2D eigenvalue weighted by Gasteiger charge is 2.59. The third-order valence-electron chi connectivity index (χ3n) is 4.78. The van der Waals surface area contributed by atoms with Crippen LogP contribution in [0.25, 0.3) is 0 Å². The van der Waals surface area contributed by atoms with Crippen molar-refractivity contribution in [3.63, 3.8) is 0 Å². The van der Waals surface area contributed by atoms with Gasteiger partial charge in [-0.3, -0.25) is 18.7 Å². The fourth-order valence-corrected chi connectivity index (χ4v) is 6.65. The summed E-state index contributed by atoms with van der Waals surface area (Å²) in [5.41, 5.74) is 0.706. The molecule has 1 aromatic rings. The third kappa shape index (κ3) is 5.12. The van der Waals surface area contributed by atoms with Gasteiger partial charge in [-0.05, 0) is 38.3 Å². The molecule has 0 aromatic heterocycles. The van der Waals surface area contributed by atoms with Crippen LogP contribution in [-0.4, -0.2) is 53.4 Å². The van der Waals surface area contributed by atoms with Crippen molar-refractivity contribution < 1.29 is 23.3 Å². The topological polar surface area (TPSA) is 92.8 Å². The molecule has 31 heavy (non-hydrogen) atoms. The minimum atomic E-state index is -1.56. The van der Waals surface area contributed by atoms with Crippen molar-refractivity contribution in [3.8, 4) is 0 Å². The van der Waals surface area contributed by atoms with Gasteiger partial charge in [0.1, 0.15) is 26.9 Å². The first-order valence-corrected chi connectivity index (χ1v) is 13.1. The summed E-state index contributed by atoms with van der Waals surface area (Å²) >= 11 is 6.79. The van der Waals surface area contributed by atoms with Crippen LogP contribution in [0, 0.1) is 0 Å². The van der Waals surface area contributed by atoms with Crippen LogP contribution in [0.15, 0.2) is 41.6 Å². The number of nitrogens with zero attached hydrogens (tertiary/aromatic N) is 1. The highest BCUT2D eigenvalue weighted by molar-refractivity contribution is 9.11. The van der Waals surface area contributed by atoms with E-state index in [1.54, 1.807) is 20.8 Å². The molecule has 0 spiro atoms. The lowest BCUT2D eigenvalue weighted by Gasteiger charge is -2.50. The Bertz CT molecular complexity index is 945. The largest absolute Gasteiger partial charge is 0.455 e. The highest BCUT2D eigenvalue weighted by Crippen LogP contribution is 2.42. The van der Waals surface area contributed by atoms with Crippen molar-refractivity contribution in [2.24, 2.45) is 0 Å². The summed E-state index contributed by atoms with van der Waals surface area (Å²) in [6.07, 6.45) is 0.517. The van der Waals surface area contributed by atoms with Crippen molar-refractivity contribution in [3.05, 3.63) is 47.2 Å². The standard InChI is InChI=1S/C21H24Br2N2O5S/c1-21(2,3)30-20(28)16-13(9-10-22)17(23)31(29)19-15(18(27)25(16)19)24-14(26)11-12-7-5-4-6-8-12/h4-8,15,17,19H,9-11H2,1-3H3,(H,24,26)/t15?,17?,19-,31?/m1/s1. The Morgan fingerprint density at radius 2 is 1.87 bits per heavy atom. The maximum Gasteiger partial charge on any atom is 0.355 e. The van der Waals surface area contributed by atoms with Crippen LogP contribution in [0.4, 0.5) is 0 Å². The molecule has 0 saturated carbocycles. The van der Waals surface area contributed by atoms with E-state index in [0.717, 1.165) is 5.56 Å². The number of fused-ring (bicyclic) bond motifs is 1. The number of ether oxygens (including phenoxy) is 1. The fraction of sp³-hybridized carbons (Fsp3) is 0.476. The predicted molar refractivity (Wildman–Crippen MR) is 125 cm³/mol. The summed E-state index contributed by atoms with van der Waals surface area (Å²) in [7, 11) is -1.56. The van der Waals surface area contributed by atoms with E-state index in [1.807, 2.05) is 30.3 Å². The molecule has 0 aliphatic carbocycles. The molecule has 3 unspecified atom stereocenters. The number of hydrogen-bond donors (Lipinski definition) is 1. The van der Waals surface area contributed by atoms with E-state index in [0.29, 0.717) is 17.3 Å². The summed E-state index contributed by atoms with van der Waals surface area (Å²) in [4.78, 5) is 39.7. The number of hydrogen-bond acceptors (Lipinski definition) is 5. The Hall–Kier alpha value is -1.52. The maximum atomic E-state index is 13.1. The number of rotatable bonds is 6. The van der Waals surface area contributed by atoms with Gasteiger partial charge < -0.3 is 10.1 Å². The number of nitrogens with one attached hydrogen (secondary N) is 1. The first-order chi connectivity index (χ1) is 14.5. The molecular weight excluding hydrogens is 552 g/mol. The van der Waals surface area contributed by atoms with E-state index >= 15 is 0 Å². The monoisotopic (exact) mass is 574 g/mol. The molecule has 1 fully saturated rings. The maximum absolute atomic E-state index is 13.1. The van der Waals surface area contributed by atoms with Gasteiger partial charge in [0.2, 0.25) is 5.91 Å². The van der Waals surface area contributed by atoms with Crippen molar-refractivity contribution >= 4 is 60.4 Å². The Balaban J connectivity index is 1.85. The molecule has 7 nitrogen and oxygen atoms in total. The zero-order valence-electron chi connectivity index (χ0n) is 17.4. The van der Waals surface area contributed by atoms with Crippen LogP contribution in [0.2, 0.25) is 0 Å². The molecule has 2 amide bonds. The van der Waals surface area contributed by atoms with E-state index in [-0.39, 0.29) is 18.0 Å². The molecule has 2 heterocycles. The molecule has 2 aliphatic rings. The van der Waals surface area contributed by atoms with E-state index in [2.05, 4.69) is 37.2 Å². The molecule has 168 valence electrons. The summed E-state index contributed by atoms with van der Waals surface area (Å²) in [5, 5.41) is 2.38. The first-order valence-electron chi connectivity index (χ1n) is 9.77. The molecule has 0 radical (unpaired) electrons. The minimum Gasteiger partial charge on any atom is -0.455 e. The molecular formula is C21H24Br2N2O5S. The summed E-state index contributed by atoms with van der Waals surface area (Å²) in [6.45, 7) is 5.22.